The topological polar surface area (TPSA) is 96.5 Å². The van der Waals surface area contributed by atoms with Crippen molar-refractivity contribution in [2.45, 2.75) is 63.0 Å². The van der Waals surface area contributed by atoms with Gasteiger partial charge in [-0.3, -0.25) is 14.4 Å². The predicted molar refractivity (Wildman–Crippen MR) is 193 cm³/mol. The zero-order valence-corrected chi connectivity index (χ0v) is 28.2. The summed E-state index contributed by atoms with van der Waals surface area (Å²) in [7, 11) is 0. The van der Waals surface area contributed by atoms with Crippen LogP contribution in [0.15, 0.2) is 114 Å². The van der Waals surface area contributed by atoms with Crippen LogP contribution in [0, 0.1) is 0 Å². The Balaban J connectivity index is 1.45. The lowest BCUT2D eigenvalue weighted by atomic mass is 10.0. The van der Waals surface area contributed by atoms with Gasteiger partial charge in [0.15, 0.2) is 0 Å². The van der Waals surface area contributed by atoms with Gasteiger partial charge < -0.3 is 20.7 Å². The highest BCUT2D eigenvalue weighted by atomic mass is 32.2. The van der Waals surface area contributed by atoms with Gasteiger partial charge in [-0.2, -0.15) is 0 Å². The van der Waals surface area contributed by atoms with Crippen LogP contribution in [-0.2, 0) is 9.59 Å². The first kappa shape index (κ1) is 35.0. The fraction of sp³-hybridized carbons (Fsp3) is 0.256. The van der Waals surface area contributed by atoms with Crippen LogP contribution in [-0.4, -0.2) is 29.6 Å². The molecule has 3 N–H and O–H groups in total. The molecule has 244 valence electrons. The number of hydrogen-bond donors (Lipinski definition) is 3. The largest absolute Gasteiger partial charge is 0.494 e. The SMILES string of the molecule is CCCCOc1ccc(NC(=O)C(CC)Sc2cccc(NC(=O)/C(=C\c3ccc(C(C)C)cc3)NC(=O)c3ccccc3)c2)cc1. The highest BCUT2D eigenvalue weighted by Crippen LogP contribution is 2.29. The van der Waals surface area contributed by atoms with E-state index in [-0.39, 0.29) is 22.8 Å². The third kappa shape index (κ3) is 10.9. The van der Waals surface area contributed by atoms with Crippen molar-refractivity contribution in [3.8, 4) is 5.75 Å². The summed E-state index contributed by atoms with van der Waals surface area (Å²) in [4.78, 5) is 40.6. The molecule has 0 aliphatic carbocycles. The van der Waals surface area contributed by atoms with E-state index in [1.165, 1.54) is 17.3 Å². The molecule has 4 rings (SSSR count). The van der Waals surface area contributed by atoms with E-state index >= 15 is 0 Å². The van der Waals surface area contributed by atoms with Gasteiger partial charge >= 0.3 is 0 Å². The number of amides is 3. The molecule has 0 fully saturated rings. The maximum absolute atomic E-state index is 13.6. The van der Waals surface area contributed by atoms with Gasteiger partial charge in [-0.15, -0.1) is 11.8 Å². The molecule has 1 atom stereocenters. The summed E-state index contributed by atoms with van der Waals surface area (Å²) in [5.41, 5.74) is 3.77. The summed E-state index contributed by atoms with van der Waals surface area (Å²) in [6.45, 7) is 8.99. The summed E-state index contributed by atoms with van der Waals surface area (Å²) in [5.74, 6) is 0.197. The minimum atomic E-state index is -0.462. The second-order valence-corrected chi connectivity index (χ2v) is 12.7. The normalized spacial score (nSPS) is 11.9. The Kier molecular flexibility index (Phi) is 13.2. The highest BCUT2D eigenvalue weighted by Gasteiger charge is 2.20. The van der Waals surface area contributed by atoms with Crippen molar-refractivity contribution >= 4 is 46.9 Å². The Labute approximate surface area is 282 Å². The van der Waals surface area contributed by atoms with Crippen LogP contribution in [0.5, 0.6) is 5.75 Å². The van der Waals surface area contributed by atoms with Crippen LogP contribution < -0.4 is 20.7 Å². The van der Waals surface area contributed by atoms with Crippen molar-refractivity contribution in [3.05, 3.63) is 126 Å². The number of hydrogen-bond acceptors (Lipinski definition) is 5. The number of thioether (sulfide) groups is 1. The van der Waals surface area contributed by atoms with Gasteiger partial charge in [-0.1, -0.05) is 82.6 Å². The van der Waals surface area contributed by atoms with Crippen molar-refractivity contribution in [2.75, 3.05) is 17.2 Å². The number of benzene rings is 4. The maximum Gasteiger partial charge on any atom is 0.272 e. The minimum Gasteiger partial charge on any atom is -0.494 e. The van der Waals surface area contributed by atoms with Gasteiger partial charge in [0.1, 0.15) is 11.4 Å². The second kappa shape index (κ2) is 17.8. The third-order valence-corrected chi connectivity index (χ3v) is 8.72. The molecule has 0 saturated heterocycles. The van der Waals surface area contributed by atoms with Gasteiger partial charge in [0.25, 0.3) is 11.8 Å². The number of ether oxygens (including phenoxy) is 1. The molecule has 4 aromatic carbocycles. The average molecular weight is 650 g/mol. The fourth-order valence-electron chi connectivity index (χ4n) is 4.61. The van der Waals surface area contributed by atoms with Gasteiger partial charge in [-0.25, -0.2) is 0 Å². The molecule has 0 bridgehead atoms. The van der Waals surface area contributed by atoms with Crippen molar-refractivity contribution < 1.29 is 19.1 Å². The summed E-state index contributed by atoms with van der Waals surface area (Å²) in [6.07, 6.45) is 4.34. The van der Waals surface area contributed by atoms with Crippen molar-refractivity contribution in [1.29, 1.82) is 0 Å². The molecule has 7 nitrogen and oxygen atoms in total. The smallest absolute Gasteiger partial charge is 0.272 e. The Hall–Kier alpha value is -4.82. The van der Waals surface area contributed by atoms with E-state index in [4.69, 9.17) is 4.74 Å². The number of nitrogens with one attached hydrogen (secondary N) is 3. The molecular weight excluding hydrogens is 607 g/mol. The summed E-state index contributed by atoms with van der Waals surface area (Å²) >= 11 is 1.42. The minimum absolute atomic E-state index is 0.107. The average Bonchev–Trinajstić information content (AvgIpc) is 3.08. The second-order valence-electron chi connectivity index (χ2n) is 11.4. The number of unbranched alkanes of at least 4 members (excludes halogenated alkanes) is 1. The Morgan fingerprint density at radius 3 is 2.19 bits per heavy atom. The molecule has 0 aliphatic rings. The first-order valence-electron chi connectivity index (χ1n) is 16.1. The zero-order valence-electron chi connectivity index (χ0n) is 27.4. The van der Waals surface area contributed by atoms with E-state index < -0.39 is 5.91 Å². The van der Waals surface area contributed by atoms with Crippen molar-refractivity contribution in [2.24, 2.45) is 0 Å². The third-order valence-electron chi connectivity index (χ3n) is 7.36. The predicted octanol–water partition coefficient (Wildman–Crippen LogP) is 8.91. The van der Waals surface area contributed by atoms with Crippen LogP contribution in [0.4, 0.5) is 11.4 Å². The number of carbonyl (C=O) groups is 3. The zero-order chi connectivity index (χ0) is 33.6. The summed E-state index contributed by atoms with van der Waals surface area (Å²) in [6, 6.07) is 31.4. The molecule has 47 heavy (non-hydrogen) atoms. The van der Waals surface area contributed by atoms with Crippen LogP contribution in [0.3, 0.4) is 0 Å². The monoisotopic (exact) mass is 649 g/mol. The molecular formula is C39H43N3O4S. The van der Waals surface area contributed by atoms with E-state index in [9.17, 15) is 14.4 Å². The lowest BCUT2D eigenvalue weighted by Gasteiger charge is -2.16. The van der Waals surface area contributed by atoms with Crippen LogP contribution in [0.2, 0.25) is 0 Å². The molecule has 0 aliphatic heterocycles. The van der Waals surface area contributed by atoms with Crippen LogP contribution in [0.25, 0.3) is 6.08 Å². The van der Waals surface area contributed by atoms with Crippen LogP contribution >= 0.6 is 11.8 Å². The Bertz CT molecular complexity index is 1650. The van der Waals surface area contributed by atoms with Gasteiger partial charge in [0, 0.05) is 21.8 Å². The summed E-state index contributed by atoms with van der Waals surface area (Å²) in [5, 5.41) is 8.37. The van der Waals surface area contributed by atoms with Crippen LogP contribution in [0.1, 0.15) is 74.4 Å². The molecule has 1 unspecified atom stereocenters. The Morgan fingerprint density at radius 1 is 0.809 bits per heavy atom. The quantitative estimate of drug-likeness (QED) is 0.0679. The van der Waals surface area contributed by atoms with E-state index in [1.807, 2.05) is 79.7 Å². The van der Waals surface area contributed by atoms with Crippen molar-refractivity contribution in [3.63, 3.8) is 0 Å². The molecule has 0 spiro atoms. The van der Waals surface area contributed by atoms with E-state index in [0.29, 0.717) is 35.9 Å². The molecule has 4 aromatic rings. The molecule has 0 heterocycles. The first-order chi connectivity index (χ1) is 22.7. The maximum atomic E-state index is 13.6. The van der Waals surface area contributed by atoms with Gasteiger partial charge in [-0.05, 0) is 90.6 Å². The summed E-state index contributed by atoms with van der Waals surface area (Å²) < 4.78 is 5.72. The molecule has 0 saturated carbocycles. The van der Waals surface area contributed by atoms with Crippen molar-refractivity contribution in [1.82, 2.24) is 5.32 Å². The lowest BCUT2D eigenvalue weighted by molar-refractivity contribution is -0.116. The standard InChI is InChI=1S/C39H43N3O4S/c1-5-7-24-46-33-22-20-31(21-23-33)40-39(45)36(6-2)47-34-15-11-14-32(26-34)41-38(44)35(42-37(43)30-12-9-8-10-13-30)25-28-16-18-29(19-17-28)27(3)4/h8-23,25-27,36H,5-7,24H2,1-4H3,(H,40,45)(H,41,44)(H,42,43)/b35-25+. The fourth-order valence-corrected chi connectivity index (χ4v) is 5.62. The number of carbonyl (C=O) groups excluding carboxylic acids is 3. The highest BCUT2D eigenvalue weighted by molar-refractivity contribution is 8.00. The molecule has 0 aromatic heterocycles. The van der Waals surface area contributed by atoms with E-state index in [1.54, 1.807) is 36.4 Å². The number of rotatable bonds is 15. The molecule has 0 radical (unpaired) electrons. The van der Waals surface area contributed by atoms with Gasteiger partial charge in [0.05, 0.1) is 11.9 Å². The molecule has 8 heteroatoms. The molecule has 3 amide bonds. The van der Waals surface area contributed by atoms with Gasteiger partial charge in [0.2, 0.25) is 5.91 Å². The number of anilines is 2. The first-order valence-corrected chi connectivity index (χ1v) is 16.9. The van der Waals surface area contributed by atoms with E-state index in [2.05, 4.69) is 36.7 Å². The van der Waals surface area contributed by atoms with E-state index in [0.717, 1.165) is 29.1 Å². The Morgan fingerprint density at radius 2 is 1.53 bits per heavy atom. The lowest BCUT2D eigenvalue weighted by Crippen LogP contribution is -2.30.